The molecule has 2 nitrogen and oxygen atoms in total. The number of rotatable bonds is 2. The van der Waals surface area contributed by atoms with E-state index in [9.17, 15) is 9.59 Å². The van der Waals surface area contributed by atoms with E-state index in [1.165, 1.54) is 13.8 Å². The van der Waals surface area contributed by atoms with Crippen LogP contribution in [0.1, 0.15) is 34.6 Å². The molecule has 0 spiro atoms. The Morgan fingerprint density at radius 2 is 1.46 bits per heavy atom. The molecular formula is C10H10O2S. The van der Waals surface area contributed by atoms with Crippen molar-refractivity contribution in [1.82, 2.24) is 0 Å². The van der Waals surface area contributed by atoms with Crippen LogP contribution < -0.4 is 0 Å². The SMILES string of the molecule is CC(=O)c1cccc(C(C)=O)c1S. The number of carbonyl (C=O) groups excluding carboxylic acids is 2. The van der Waals surface area contributed by atoms with E-state index in [0.29, 0.717) is 16.0 Å². The van der Waals surface area contributed by atoms with Crippen molar-refractivity contribution in [3.8, 4) is 0 Å². The Morgan fingerprint density at radius 1 is 1.08 bits per heavy atom. The van der Waals surface area contributed by atoms with Crippen molar-refractivity contribution in [2.75, 3.05) is 0 Å². The van der Waals surface area contributed by atoms with Crippen molar-refractivity contribution < 1.29 is 9.59 Å². The fraction of sp³-hybridized carbons (Fsp3) is 0.200. The van der Waals surface area contributed by atoms with Gasteiger partial charge in [0.25, 0.3) is 0 Å². The maximum Gasteiger partial charge on any atom is 0.160 e. The highest BCUT2D eigenvalue weighted by molar-refractivity contribution is 7.80. The normalized spacial score (nSPS) is 9.77. The second-order valence-corrected chi connectivity index (χ2v) is 3.26. The lowest BCUT2D eigenvalue weighted by Gasteiger charge is -2.04. The number of benzene rings is 1. The minimum Gasteiger partial charge on any atom is -0.294 e. The molecule has 0 N–H and O–H groups in total. The Bertz CT molecular complexity index is 337. The smallest absolute Gasteiger partial charge is 0.160 e. The molecule has 13 heavy (non-hydrogen) atoms. The highest BCUT2D eigenvalue weighted by atomic mass is 32.1. The lowest BCUT2D eigenvalue weighted by molar-refractivity contribution is 0.101. The summed E-state index contributed by atoms with van der Waals surface area (Å²) in [5, 5.41) is 0. The molecule has 0 amide bonds. The van der Waals surface area contributed by atoms with Gasteiger partial charge in [-0.2, -0.15) is 0 Å². The van der Waals surface area contributed by atoms with Gasteiger partial charge in [-0.25, -0.2) is 0 Å². The molecule has 0 fully saturated rings. The summed E-state index contributed by atoms with van der Waals surface area (Å²) >= 11 is 4.15. The van der Waals surface area contributed by atoms with Crippen LogP contribution in [-0.4, -0.2) is 11.6 Å². The molecule has 0 heterocycles. The Labute approximate surface area is 82.4 Å². The molecule has 1 aromatic rings. The number of hydrogen-bond donors (Lipinski definition) is 1. The first-order valence-corrected chi connectivity index (χ1v) is 4.32. The van der Waals surface area contributed by atoms with Crippen LogP contribution in [0.5, 0.6) is 0 Å². The Morgan fingerprint density at radius 3 is 1.77 bits per heavy atom. The number of ketones is 2. The predicted octanol–water partition coefficient (Wildman–Crippen LogP) is 2.38. The minimum atomic E-state index is -0.0758. The number of hydrogen-bond acceptors (Lipinski definition) is 3. The van der Waals surface area contributed by atoms with Crippen LogP contribution in [0.25, 0.3) is 0 Å². The Kier molecular flexibility index (Phi) is 2.88. The average Bonchev–Trinajstić information content (AvgIpc) is 2.03. The third-order valence-electron chi connectivity index (χ3n) is 1.79. The van der Waals surface area contributed by atoms with E-state index in [1.807, 2.05) is 0 Å². The van der Waals surface area contributed by atoms with Crippen LogP contribution in [-0.2, 0) is 0 Å². The van der Waals surface area contributed by atoms with E-state index in [1.54, 1.807) is 18.2 Å². The van der Waals surface area contributed by atoms with Crippen molar-refractivity contribution >= 4 is 24.2 Å². The molecule has 68 valence electrons. The molecule has 1 rings (SSSR count). The molecule has 0 radical (unpaired) electrons. The zero-order valence-corrected chi connectivity index (χ0v) is 8.39. The zero-order valence-electron chi connectivity index (χ0n) is 7.50. The lowest BCUT2D eigenvalue weighted by Crippen LogP contribution is -2.00. The van der Waals surface area contributed by atoms with E-state index in [-0.39, 0.29) is 11.6 Å². The molecular weight excluding hydrogens is 184 g/mol. The monoisotopic (exact) mass is 194 g/mol. The van der Waals surface area contributed by atoms with Crippen molar-refractivity contribution in [3.05, 3.63) is 29.3 Å². The van der Waals surface area contributed by atoms with Crippen molar-refractivity contribution in [2.45, 2.75) is 18.7 Å². The molecule has 0 aliphatic heterocycles. The van der Waals surface area contributed by atoms with Crippen molar-refractivity contribution in [2.24, 2.45) is 0 Å². The molecule has 1 aromatic carbocycles. The molecule has 0 aromatic heterocycles. The van der Waals surface area contributed by atoms with Gasteiger partial charge in [0.05, 0.1) is 0 Å². The maximum absolute atomic E-state index is 11.1. The van der Waals surface area contributed by atoms with Gasteiger partial charge in [-0.1, -0.05) is 18.2 Å². The van der Waals surface area contributed by atoms with Gasteiger partial charge < -0.3 is 0 Å². The fourth-order valence-electron chi connectivity index (χ4n) is 1.11. The topological polar surface area (TPSA) is 34.1 Å². The van der Waals surface area contributed by atoms with Crippen LogP contribution in [0.15, 0.2) is 23.1 Å². The summed E-state index contributed by atoms with van der Waals surface area (Å²) in [5.41, 5.74) is 0.993. The molecule has 0 unspecified atom stereocenters. The van der Waals surface area contributed by atoms with E-state index in [4.69, 9.17) is 0 Å². The Balaban J connectivity index is 3.35. The van der Waals surface area contributed by atoms with Crippen LogP contribution >= 0.6 is 12.6 Å². The van der Waals surface area contributed by atoms with Crippen molar-refractivity contribution in [3.63, 3.8) is 0 Å². The third-order valence-corrected chi connectivity index (χ3v) is 2.28. The standard InChI is InChI=1S/C10H10O2S/c1-6(11)8-4-3-5-9(7(2)12)10(8)13/h3-5,13H,1-2H3. The van der Waals surface area contributed by atoms with Crippen molar-refractivity contribution in [1.29, 1.82) is 0 Å². The van der Waals surface area contributed by atoms with Gasteiger partial charge in [-0.05, 0) is 13.8 Å². The Hall–Kier alpha value is -1.09. The van der Waals surface area contributed by atoms with Crippen LogP contribution in [0.2, 0.25) is 0 Å². The first kappa shape index (κ1) is 9.99. The van der Waals surface area contributed by atoms with Gasteiger partial charge in [-0.15, -0.1) is 12.6 Å². The largest absolute Gasteiger partial charge is 0.294 e. The summed E-state index contributed by atoms with van der Waals surface area (Å²) in [7, 11) is 0. The molecule has 0 saturated heterocycles. The van der Waals surface area contributed by atoms with Gasteiger partial charge >= 0.3 is 0 Å². The first-order valence-electron chi connectivity index (χ1n) is 3.88. The highest BCUT2D eigenvalue weighted by Crippen LogP contribution is 2.19. The zero-order chi connectivity index (χ0) is 10.0. The predicted molar refractivity (Wildman–Crippen MR) is 53.7 cm³/mol. The van der Waals surface area contributed by atoms with E-state index < -0.39 is 0 Å². The lowest BCUT2D eigenvalue weighted by atomic mass is 10.1. The molecule has 0 aliphatic carbocycles. The fourth-order valence-corrected chi connectivity index (χ4v) is 1.58. The molecule has 0 bridgehead atoms. The molecule has 0 atom stereocenters. The number of thiol groups is 1. The number of carbonyl (C=O) groups is 2. The van der Waals surface area contributed by atoms with Gasteiger partial charge in [0, 0.05) is 16.0 Å². The number of Topliss-reactive ketones (excluding diaryl/α,β-unsaturated/α-hetero) is 2. The third kappa shape index (κ3) is 1.98. The quantitative estimate of drug-likeness (QED) is 0.579. The van der Waals surface area contributed by atoms with E-state index in [2.05, 4.69) is 12.6 Å². The second-order valence-electron chi connectivity index (χ2n) is 2.81. The first-order chi connectivity index (χ1) is 6.04. The molecule has 0 aliphatic rings. The van der Waals surface area contributed by atoms with Gasteiger partial charge in [0.15, 0.2) is 11.6 Å². The minimum absolute atomic E-state index is 0.0758. The summed E-state index contributed by atoms with van der Waals surface area (Å²) in [6.45, 7) is 2.91. The highest BCUT2D eigenvalue weighted by Gasteiger charge is 2.10. The summed E-state index contributed by atoms with van der Waals surface area (Å²) in [5.74, 6) is -0.152. The molecule has 0 saturated carbocycles. The van der Waals surface area contributed by atoms with Crippen LogP contribution in [0.4, 0.5) is 0 Å². The van der Waals surface area contributed by atoms with Gasteiger partial charge in [0.2, 0.25) is 0 Å². The average molecular weight is 194 g/mol. The summed E-state index contributed by atoms with van der Waals surface area (Å²) in [6.07, 6.45) is 0. The summed E-state index contributed by atoms with van der Waals surface area (Å²) in [6, 6.07) is 5.02. The van der Waals surface area contributed by atoms with E-state index >= 15 is 0 Å². The van der Waals surface area contributed by atoms with Crippen LogP contribution in [0.3, 0.4) is 0 Å². The summed E-state index contributed by atoms with van der Waals surface area (Å²) in [4.78, 5) is 22.6. The second kappa shape index (κ2) is 3.75. The maximum atomic E-state index is 11.1. The van der Waals surface area contributed by atoms with Gasteiger partial charge in [0.1, 0.15) is 0 Å². The van der Waals surface area contributed by atoms with E-state index in [0.717, 1.165) is 0 Å². The summed E-state index contributed by atoms with van der Waals surface area (Å²) < 4.78 is 0. The van der Waals surface area contributed by atoms with Gasteiger partial charge in [-0.3, -0.25) is 9.59 Å². The van der Waals surface area contributed by atoms with Crippen LogP contribution in [0, 0.1) is 0 Å². The molecule has 3 heteroatoms.